The van der Waals surface area contributed by atoms with Crippen LogP contribution in [0.1, 0.15) is 16.0 Å². The summed E-state index contributed by atoms with van der Waals surface area (Å²) in [6.07, 6.45) is 0. The Bertz CT molecular complexity index is 736. The molecule has 0 saturated carbocycles. The molecule has 1 aromatic heterocycles. The van der Waals surface area contributed by atoms with Crippen LogP contribution >= 0.6 is 43.2 Å². The lowest BCUT2D eigenvalue weighted by Gasteiger charge is -2.12. The lowest BCUT2D eigenvalue weighted by molar-refractivity contribution is 0.626. The Morgan fingerprint density at radius 2 is 1.84 bits per heavy atom. The molecule has 0 bridgehead atoms. The Balaban J connectivity index is 2.10. The van der Waals surface area contributed by atoms with Crippen LogP contribution in [0.15, 0.2) is 52.3 Å². The van der Waals surface area contributed by atoms with Crippen molar-refractivity contribution in [2.24, 2.45) is 0 Å². The third-order valence-corrected chi connectivity index (χ3v) is 5.67. The van der Waals surface area contributed by atoms with E-state index in [1.165, 1.54) is 27.8 Å². The van der Waals surface area contributed by atoms with Gasteiger partial charge in [0.25, 0.3) is 0 Å². The van der Waals surface area contributed by atoms with Crippen molar-refractivity contribution < 1.29 is 4.39 Å². The van der Waals surface area contributed by atoms with Crippen LogP contribution in [0.4, 0.5) is 4.39 Å². The Hall–Kier alpha value is -0.710. The van der Waals surface area contributed by atoms with Gasteiger partial charge in [-0.2, -0.15) is 0 Å². The monoisotopic (exact) mass is 398 g/mol. The van der Waals surface area contributed by atoms with Crippen molar-refractivity contribution in [1.82, 2.24) is 0 Å². The summed E-state index contributed by atoms with van der Waals surface area (Å²) in [7, 11) is 0. The zero-order valence-corrected chi connectivity index (χ0v) is 13.7. The Labute approximate surface area is 131 Å². The van der Waals surface area contributed by atoms with Gasteiger partial charge in [0, 0.05) is 9.17 Å². The molecular formula is C15H9Br2FS. The fourth-order valence-electron chi connectivity index (χ4n) is 2.07. The van der Waals surface area contributed by atoms with Gasteiger partial charge >= 0.3 is 0 Å². The van der Waals surface area contributed by atoms with Crippen LogP contribution < -0.4 is 0 Å². The number of fused-ring (bicyclic) bond motifs is 1. The first-order chi connectivity index (χ1) is 9.16. The number of hydrogen-bond donors (Lipinski definition) is 0. The van der Waals surface area contributed by atoms with Gasteiger partial charge in [-0.25, -0.2) is 4.39 Å². The van der Waals surface area contributed by atoms with Crippen LogP contribution in [0.2, 0.25) is 0 Å². The summed E-state index contributed by atoms with van der Waals surface area (Å²) in [6, 6.07) is 13.1. The maximum absolute atomic E-state index is 13.2. The second-order valence-electron chi connectivity index (χ2n) is 4.22. The Morgan fingerprint density at radius 3 is 2.63 bits per heavy atom. The first-order valence-electron chi connectivity index (χ1n) is 5.72. The van der Waals surface area contributed by atoms with Crippen molar-refractivity contribution in [3.05, 3.63) is 69.3 Å². The minimum Gasteiger partial charge on any atom is -0.207 e. The van der Waals surface area contributed by atoms with Gasteiger partial charge in [-0.05, 0) is 40.1 Å². The minimum atomic E-state index is -0.231. The summed E-state index contributed by atoms with van der Waals surface area (Å²) in [5.74, 6) is -0.231. The van der Waals surface area contributed by atoms with Crippen LogP contribution in [-0.4, -0.2) is 0 Å². The normalized spacial score (nSPS) is 12.8. The molecule has 0 spiro atoms. The first-order valence-corrected chi connectivity index (χ1v) is 8.31. The van der Waals surface area contributed by atoms with E-state index in [4.69, 9.17) is 0 Å². The van der Waals surface area contributed by atoms with Gasteiger partial charge in [0.15, 0.2) is 0 Å². The van der Waals surface area contributed by atoms with E-state index in [1.807, 2.05) is 18.2 Å². The molecule has 3 aromatic rings. The zero-order valence-electron chi connectivity index (χ0n) is 9.74. The first kappa shape index (κ1) is 13.3. The molecule has 0 fully saturated rings. The lowest BCUT2D eigenvalue weighted by Crippen LogP contribution is -1.93. The molecule has 1 heterocycles. The van der Waals surface area contributed by atoms with Crippen molar-refractivity contribution in [3.63, 3.8) is 0 Å². The third kappa shape index (κ3) is 2.49. The van der Waals surface area contributed by atoms with E-state index in [-0.39, 0.29) is 10.6 Å². The lowest BCUT2D eigenvalue weighted by atomic mass is 10.0. The van der Waals surface area contributed by atoms with Crippen molar-refractivity contribution >= 4 is 53.3 Å². The molecule has 0 aliphatic heterocycles. The molecule has 0 saturated heterocycles. The smallest absolute Gasteiger partial charge is 0.124 e. The summed E-state index contributed by atoms with van der Waals surface area (Å²) in [4.78, 5) is 0.0543. The quantitative estimate of drug-likeness (QED) is 0.444. The van der Waals surface area contributed by atoms with Gasteiger partial charge in [0.1, 0.15) is 5.82 Å². The Morgan fingerprint density at radius 1 is 1.05 bits per heavy atom. The number of halogens is 3. The van der Waals surface area contributed by atoms with Crippen LogP contribution in [0, 0.1) is 5.82 Å². The molecule has 1 atom stereocenters. The second kappa shape index (κ2) is 5.35. The maximum Gasteiger partial charge on any atom is 0.124 e. The minimum absolute atomic E-state index is 0.0543. The molecule has 4 heteroatoms. The molecule has 0 nitrogen and oxygen atoms in total. The summed E-state index contributed by atoms with van der Waals surface area (Å²) in [5.41, 5.74) is 2.25. The highest BCUT2D eigenvalue weighted by Crippen LogP contribution is 2.41. The maximum atomic E-state index is 13.2. The highest BCUT2D eigenvalue weighted by Gasteiger charge is 2.17. The SMILES string of the molecule is Fc1ccc(C(Br)c2csc3ccccc23)c(Br)c1. The highest BCUT2D eigenvalue weighted by atomic mass is 79.9. The average Bonchev–Trinajstić information content (AvgIpc) is 2.82. The number of benzene rings is 2. The molecule has 0 aliphatic rings. The highest BCUT2D eigenvalue weighted by molar-refractivity contribution is 9.11. The molecule has 0 radical (unpaired) electrons. The van der Waals surface area contributed by atoms with Gasteiger partial charge in [-0.1, -0.05) is 56.1 Å². The fourth-order valence-corrected chi connectivity index (χ4v) is 4.90. The number of rotatable bonds is 2. The molecule has 2 aromatic carbocycles. The van der Waals surface area contributed by atoms with Gasteiger partial charge in [-0.3, -0.25) is 0 Å². The van der Waals surface area contributed by atoms with Gasteiger partial charge in [0.2, 0.25) is 0 Å². The van der Waals surface area contributed by atoms with E-state index in [2.05, 4.69) is 49.4 Å². The van der Waals surface area contributed by atoms with Crippen LogP contribution in [0.3, 0.4) is 0 Å². The number of alkyl halides is 1. The summed E-state index contributed by atoms with van der Waals surface area (Å²) < 4.78 is 15.2. The summed E-state index contributed by atoms with van der Waals surface area (Å²) in [6.45, 7) is 0. The summed E-state index contributed by atoms with van der Waals surface area (Å²) >= 11 is 8.88. The van der Waals surface area contributed by atoms with E-state index < -0.39 is 0 Å². The molecule has 0 N–H and O–H groups in total. The second-order valence-corrected chi connectivity index (χ2v) is 6.90. The van der Waals surface area contributed by atoms with E-state index >= 15 is 0 Å². The van der Waals surface area contributed by atoms with Crippen molar-refractivity contribution in [1.29, 1.82) is 0 Å². The topological polar surface area (TPSA) is 0 Å². The van der Waals surface area contributed by atoms with E-state index in [1.54, 1.807) is 11.3 Å². The molecule has 96 valence electrons. The molecule has 0 aliphatic carbocycles. The predicted octanol–water partition coefficient (Wildman–Crippen LogP) is 6.29. The van der Waals surface area contributed by atoms with Crippen molar-refractivity contribution in [2.75, 3.05) is 0 Å². The van der Waals surface area contributed by atoms with E-state index in [0.717, 1.165) is 10.0 Å². The molecule has 1 unspecified atom stereocenters. The molecule has 0 amide bonds. The zero-order chi connectivity index (χ0) is 13.4. The van der Waals surface area contributed by atoms with Crippen LogP contribution in [-0.2, 0) is 0 Å². The average molecular weight is 400 g/mol. The largest absolute Gasteiger partial charge is 0.207 e. The van der Waals surface area contributed by atoms with Crippen molar-refractivity contribution in [2.45, 2.75) is 4.83 Å². The van der Waals surface area contributed by atoms with Gasteiger partial charge < -0.3 is 0 Å². The van der Waals surface area contributed by atoms with E-state index in [9.17, 15) is 4.39 Å². The molecular weight excluding hydrogens is 391 g/mol. The molecule has 3 rings (SSSR count). The van der Waals surface area contributed by atoms with Gasteiger partial charge in [-0.15, -0.1) is 11.3 Å². The van der Waals surface area contributed by atoms with E-state index in [0.29, 0.717) is 0 Å². The standard InChI is InChI=1S/C15H9Br2FS/c16-13-7-9(18)5-6-11(13)15(17)12-8-19-14-4-2-1-3-10(12)14/h1-8,15H. The Kier molecular flexibility index (Phi) is 3.74. The van der Waals surface area contributed by atoms with Gasteiger partial charge in [0.05, 0.1) is 4.83 Å². The van der Waals surface area contributed by atoms with Crippen LogP contribution in [0.5, 0.6) is 0 Å². The fraction of sp³-hybridized carbons (Fsp3) is 0.0667. The van der Waals surface area contributed by atoms with Crippen molar-refractivity contribution in [3.8, 4) is 0 Å². The number of thiophene rings is 1. The predicted molar refractivity (Wildman–Crippen MR) is 86.7 cm³/mol. The molecule has 19 heavy (non-hydrogen) atoms. The summed E-state index contributed by atoms with van der Waals surface area (Å²) in [5, 5.41) is 3.39. The number of hydrogen-bond acceptors (Lipinski definition) is 1. The van der Waals surface area contributed by atoms with Crippen LogP contribution in [0.25, 0.3) is 10.1 Å². The third-order valence-electron chi connectivity index (χ3n) is 3.02.